The molecule has 0 saturated heterocycles. The second-order valence-corrected chi connectivity index (χ2v) is 6.14. The summed E-state index contributed by atoms with van der Waals surface area (Å²) in [6, 6.07) is 0.967. The molecule has 0 aliphatic carbocycles. The summed E-state index contributed by atoms with van der Waals surface area (Å²) in [7, 11) is 0. The first-order valence-electron chi connectivity index (χ1n) is 8.30. The van der Waals surface area contributed by atoms with E-state index in [2.05, 4.69) is 20.5 Å². The molecule has 1 amide bonds. The van der Waals surface area contributed by atoms with Crippen LogP contribution in [0.1, 0.15) is 59.3 Å². The van der Waals surface area contributed by atoms with Gasteiger partial charge in [0, 0.05) is 24.0 Å². The molecule has 0 saturated carbocycles. The highest BCUT2D eigenvalue weighted by molar-refractivity contribution is 5.99. The van der Waals surface area contributed by atoms with Gasteiger partial charge in [-0.2, -0.15) is 10.2 Å². The van der Waals surface area contributed by atoms with E-state index in [-0.39, 0.29) is 22.9 Å². The Kier molecular flexibility index (Phi) is 4.71. The Morgan fingerprint density at radius 2 is 2.08 bits per heavy atom. The maximum Gasteiger partial charge on any atom is 0.280 e. The van der Waals surface area contributed by atoms with Crippen LogP contribution in [-0.4, -0.2) is 30.3 Å². The Bertz CT molecular complexity index is 962. The average molecular weight is 362 g/mol. The largest absolute Gasteiger partial charge is 0.345 e. The van der Waals surface area contributed by atoms with Gasteiger partial charge in [0.2, 0.25) is 0 Å². The number of hydrogen-bond acceptors (Lipinski definition) is 4. The lowest BCUT2D eigenvalue weighted by Crippen LogP contribution is -2.27. The normalized spacial score (nSPS) is 12.7. The number of carbonyl (C=O) groups excluding carboxylic acids is 1. The third-order valence-corrected chi connectivity index (χ3v) is 4.22. The molecule has 0 bridgehead atoms. The van der Waals surface area contributed by atoms with Crippen LogP contribution in [0.4, 0.5) is 8.78 Å². The van der Waals surface area contributed by atoms with Gasteiger partial charge in [-0.15, -0.1) is 0 Å². The second kappa shape index (κ2) is 6.81. The number of halogens is 2. The van der Waals surface area contributed by atoms with Crippen LogP contribution in [0.15, 0.2) is 18.5 Å². The zero-order chi connectivity index (χ0) is 19.0. The average Bonchev–Trinajstić information content (AvgIpc) is 3.17. The molecule has 3 rings (SSSR count). The van der Waals surface area contributed by atoms with Crippen molar-refractivity contribution in [3.63, 3.8) is 0 Å². The Morgan fingerprint density at radius 3 is 2.69 bits per heavy atom. The molecule has 7 nitrogen and oxygen atoms in total. The van der Waals surface area contributed by atoms with E-state index in [1.807, 2.05) is 27.0 Å². The minimum absolute atomic E-state index is 0.117. The highest BCUT2D eigenvalue weighted by Gasteiger charge is 2.22. The van der Waals surface area contributed by atoms with Crippen LogP contribution >= 0.6 is 0 Å². The van der Waals surface area contributed by atoms with Gasteiger partial charge in [-0.05, 0) is 33.8 Å². The number of nitrogens with one attached hydrogen (secondary N) is 1. The van der Waals surface area contributed by atoms with Gasteiger partial charge in [0.05, 0.1) is 17.9 Å². The fourth-order valence-corrected chi connectivity index (χ4v) is 2.90. The Morgan fingerprint density at radius 1 is 1.35 bits per heavy atom. The number of alkyl halides is 2. The molecule has 3 heterocycles. The van der Waals surface area contributed by atoms with Crippen molar-refractivity contribution >= 4 is 11.6 Å². The van der Waals surface area contributed by atoms with Gasteiger partial charge in [-0.3, -0.25) is 9.48 Å². The molecule has 0 aliphatic rings. The molecule has 3 aromatic rings. The molecule has 26 heavy (non-hydrogen) atoms. The SMILES string of the molecule is CCn1cc(C(C)NC(=O)c2cnn3c(C(F)F)cc(C)nc23)c(C)n1. The number of rotatable bonds is 5. The highest BCUT2D eigenvalue weighted by atomic mass is 19.3. The monoisotopic (exact) mass is 362 g/mol. The van der Waals surface area contributed by atoms with Gasteiger partial charge in [0.25, 0.3) is 12.3 Å². The Balaban J connectivity index is 1.91. The van der Waals surface area contributed by atoms with E-state index in [0.29, 0.717) is 5.69 Å². The van der Waals surface area contributed by atoms with Crippen molar-refractivity contribution in [2.75, 3.05) is 0 Å². The van der Waals surface area contributed by atoms with Crippen LogP contribution in [0.25, 0.3) is 5.65 Å². The minimum atomic E-state index is -2.71. The first-order valence-corrected chi connectivity index (χ1v) is 8.30. The van der Waals surface area contributed by atoms with Crippen LogP contribution < -0.4 is 5.32 Å². The van der Waals surface area contributed by atoms with Crippen molar-refractivity contribution in [2.24, 2.45) is 0 Å². The Hall–Kier alpha value is -2.84. The third-order valence-electron chi connectivity index (χ3n) is 4.22. The van der Waals surface area contributed by atoms with E-state index >= 15 is 0 Å². The predicted molar refractivity (Wildman–Crippen MR) is 91.2 cm³/mol. The molecule has 1 N–H and O–H groups in total. The second-order valence-electron chi connectivity index (χ2n) is 6.14. The molecule has 0 fully saturated rings. The molecule has 1 unspecified atom stereocenters. The lowest BCUT2D eigenvalue weighted by Gasteiger charge is -2.12. The van der Waals surface area contributed by atoms with Crippen LogP contribution in [0, 0.1) is 13.8 Å². The summed E-state index contributed by atoms with van der Waals surface area (Å²) in [6.07, 6.45) is 0.433. The number of fused-ring (bicyclic) bond motifs is 1. The molecule has 0 radical (unpaired) electrons. The molecule has 0 aromatic carbocycles. The van der Waals surface area contributed by atoms with Crippen LogP contribution in [0.3, 0.4) is 0 Å². The summed E-state index contributed by atoms with van der Waals surface area (Å²) in [6.45, 7) is 8.03. The maximum atomic E-state index is 13.2. The van der Waals surface area contributed by atoms with Crippen molar-refractivity contribution in [3.8, 4) is 0 Å². The van der Waals surface area contributed by atoms with Gasteiger partial charge >= 0.3 is 0 Å². The number of nitrogens with zero attached hydrogens (tertiary/aromatic N) is 5. The standard InChI is InChI=1S/C17H20F2N6O/c1-5-24-8-13(11(4)23-24)10(3)22-17(26)12-7-20-25-14(15(18)19)6-9(2)21-16(12)25/h6-8,10,15H,5H2,1-4H3,(H,22,26). The third kappa shape index (κ3) is 3.16. The smallest absolute Gasteiger partial charge is 0.280 e. The Labute approximate surface area is 149 Å². The van der Waals surface area contributed by atoms with Crippen LogP contribution in [0.5, 0.6) is 0 Å². The number of aromatic nitrogens is 5. The summed E-state index contributed by atoms with van der Waals surface area (Å²) in [4.78, 5) is 16.9. The fourth-order valence-electron chi connectivity index (χ4n) is 2.90. The minimum Gasteiger partial charge on any atom is -0.345 e. The zero-order valence-electron chi connectivity index (χ0n) is 15.0. The molecule has 138 valence electrons. The van der Waals surface area contributed by atoms with Crippen molar-refractivity contribution in [2.45, 2.75) is 46.7 Å². The first kappa shape index (κ1) is 18.0. The van der Waals surface area contributed by atoms with Crippen molar-refractivity contribution in [1.29, 1.82) is 0 Å². The molecule has 9 heteroatoms. The van der Waals surface area contributed by atoms with E-state index in [1.165, 1.54) is 12.3 Å². The summed E-state index contributed by atoms with van der Waals surface area (Å²) < 4.78 is 29.2. The van der Waals surface area contributed by atoms with Gasteiger partial charge in [-0.25, -0.2) is 18.3 Å². The summed E-state index contributed by atoms with van der Waals surface area (Å²) in [5, 5.41) is 11.1. The van der Waals surface area contributed by atoms with E-state index in [4.69, 9.17) is 0 Å². The van der Waals surface area contributed by atoms with Gasteiger partial charge in [-0.1, -0.05) is 0 Å². The van der Waals surface area contributed by atoms with E-state index < -0.39 is 12.3 Å². The highest BCUT2D eigenvalue weighted by Crippen LogP contribution is 2.22. The summed E-state index contributed by atoms with van der Waals surface area (Å²) in [5.74, 6) is -0.422. The lowest BCUT2D eigenvalue weighted by molar-refractivity contribution is 0.0941. The number of amides is 1. The quantitative estimate of drug-likeness (QED) is 0.757. The van der Waals surface area contributed by atoms with Crippen LogP contribution in [0.2, 0.25) is 0 Å². The van der Waals surface area contributed by atoms with Crippen molar-refractivity contribution < 1.29 is 13.6 Å². The number of hydrogen-bond donors (Lipinski definition) is 1. The molecular weight excluding hydrogens is 342 g/mol. The topological polar surface area (TPSA) is 77.1 Å². The molecule has 3 aromatic heterocycles. The summed E-state index contributed by atoms with van der Waals surface area (Å²) in [5.41, 5.74) is 2.10. The van der Waals surface area contributed by atoms with Gasteiger partial charge in [0.1, 0.15) is 11.3 Å². The van der Waals surface area contributed by atoms with Gasteiger partial charge < -0.3 is 5.32 Å². The number of carbonyl (C=O) groups is 1. The van der Waals surface area contributed by atoms with Crippen molar-refractivity contribution in [3.05, 3.63) is 46.7 Å². The van der Waals surface area contributed by atoms with E-state index in [1.54, 1.807) is 11.6 Å². The molecule has 0 aliphatic heterocycles. The summed E-state index contributed by atoms with van der Waals surface area (Å²) >= 11 is 0. The number of aryl methyl sites for hydroxylation is 3. The predicted octanol–water partition coefficient (Wildman–Crippen LogP) is 2.99. The fraction of sp³-hybridized carbons (Fsp3) is 0.412. The van der Waals surface area contributed by atoms with Crippen molar-refractivity contribution in [1.82, 2.24) is 29.7 Å². The van der Waals surface area contributed by atoms with E-state index in [9.17, 15) is 13.6 Å². The maximum absolute atomic E-state index is 13.2. The zero-order valence-corrected chi connectivity index (χ0v) is 15.0. The molecular formula is C17H20F2N6O. The molecule has 1 atom stereocenters. The van der Waals surface area contributed by atoms with Gasteiger partial charge in [0.15, 0.2) is 5.65 Å². The van der Waals surface area contributed by atoms with E-state index in [0.717, 1.165) is 22.3 Å². The molecule has 0 spiro atoms. The first-order chi connectivity index (χ1) is 12.3. The van der Waals surface area contributed by atoms with Crippen LogP contribution in [-0.2, 0) is 6.54 Å². The lowest BCUT2D eigenvalue weighted by atomic mass is 10.1.